The molecule has 2 aromatic carbocycles. The van der Waals surface area contributed by atoms with Crippen LogP contribution in [0.4, 0.5) is 5.69 Å². The fraction of sp³-hybridized carbons (Fsp3) is 0.300. The fourth-order valence-corrected chi connectivity index (χ4v) is 2.99. The number of nitrogens with one attached hydrogen (secondary N) is 2. The van der Waals surface area contributed by atoms with Gasteiger partial charge in [0.05, 0.1) is 11.4 Å². The first-order chi connectivity index (χ1) is 11.5. The summed E-state index contributed by atoms with van der Waals surface area (Å²) >= 11 is 3.46. The van der Waals surface area contributed by atoms with E-state index < -0.39 is 0 Å². The Bertz CT molecular complexity index is 709. The summed E-state index contributed by atoms with van der Waals surface area (Å²) < 4.78 is 0.885. The van der Waals surface area contributed by atoms with Crippen LogP contribution in [0.5, 0.6) is 0 Å². The summed E-state index contributed by atoms with van der Waals surface area (Å²) in [5, 5.41) is 11.5. The number of hydrogen-bond donors (Lipinski definition) is 2. The molecule has 0 spiro atoms. The zero-order valence-corrected chi connectivity index (χ0v) is 15.7. The lowest BCUT2D eigenvalue weighted by molar-refractivity contribution is -0.117. The predicted octanol–water partition coefficient (Wildman–Crippen LogP) is 5.63. The van der Waals surface area contributed by atoms with Crippen LogP contribution in [0.1, 0.15) is 44.2 Å². The molecule has 0 unspecified atom stereocenters. The van der Waals surface area contributed by atoms with E-state index in [-0.39, 0.29) is 5.91 Å². The van der Waals surface area contributed by atoms with E-state index in [1.165, 1.54) is 0 Å². The molecule has 1 amide bonds. The highest BCUT2D eigenvalue weighted by Crippen LogP contribution is 2.25. The van der Waals surface area contributed by atoms with Gasteiger partial charge in [0.25, 0.3) is 0 Å². The Kier molecular flexibility index (Phi) is 6.73. The largest absolute Gasteiger partial charge is 0.325 e. The van der Waals surface area contributed by atoms with Crippen molar-refractivity contribution >= 4 is 33.2 Å². The summed E-state index contributed by atoms with van der Waals surface area (Å²) in [4.78, 5) is 12.3. The molecular formula is C20H23BrN2O. The van der Waals surface area contributed by atoms with Crippen molar-refractivity contribution in [3.8, 4) is 0 Å². The van der Waals surface area contributed by atoms with Crippen molar-refractivity contribution in [2.24, 2.45) is 5.92 Å². The number of hydrogen-bond acceptors (Lipinski definition) is 2. The molecule has 0 aromatic heterocycles. The van der Waals surface area contributed by atoms with Crippen LogP contribution in [0.15, 0.2) is 53.0 Å². The topological polar surface area (TPSA) is 53.0 Å². The maximum absolute atomic E-state index is 12.3. The Morgan fingerprint density at radius 1 is 1.12 bits per heavy atom. The second kappa shape index (κ2) is 8.78. The first-order valence-electron chi connectivity index (χ1n) is 8.28. The van der Waals surface area contributed by atoms with Gasteiger partial charge in [0, 0.05) is 22.0 Å². The molecule has 2 aromatic rings. The van der Waals surface area contributed by atoms with E-state index in [4.69, 9.17) is 5.41 Å². The van der Waals surface area contributed by atoms with E-state index >= 15 is 0 Å². The first-order valence-corrected chi connectivity index (χ1v) is 9.08. The van der Waals surface area contributed by atoms with Crippen LogP contribution in [0.3, 0.4) is 0 Å². The molecule has 3 nitrogen and oxygen atoms in total. The Labute approximate surface area is 152 Å². The fourth-order valence-electron chi connectivity index (χ4n) is 2.63. The minimum atomic E-state index is 0.00753. The summed E-state index contributed by atoms with van der Waals surface area (Å²) in [5.74, 6) is 0.408. The lowest BCUT2D eigenvalue weighted by atomic mass is 9.98. The molecular weight excluding hydrogens is 364 g/mol. The Balaban J connectivity index is 2.25. The third kappa shape index (κ3) is 4.78. The normalized spacial score (nSPS) is 10.7. The van der Waals surface area contributed by atoms with Crippen LogP contribution in [0.2, 0.25) is 0 Å². The third-order valence-corrected chi connectivity index (χ3v) is 4.71. The summed E-state index contributed by atoms with van der Waals surface area (Å²) in [6.07, 6.45) is 2.51. The number of rotatable bonds is 7. The Morgan fingerprint density at radius 3 is 2.42 bits per heavy atom. The van der Waals surface area contributed by atoms with Crippen LogP contribution in [-0.2, 0) is 4.79 Å². The molecule has 0 aliphatic heterocycles. The summed E-state index contributed by atoms with van der Waals surface area (Å²) in [5.41, 5.74) is 2.62. The predicted molar refractivity (Wildman–Crippen MR) is 104 cm³/mol. The van der Waals surface area contributed by atoms with Crippen LogP contribution in [0, 0.1) is 11.3 Å². The number of carbonyl (C=O) groups excluding carboxylic acids is 1. The van der Waals surface area contributed by atoms with E-state index in [0.717, 1.165) is 22.9 Å². The van der Waals surface area contributed by atoms with Crippen molar-refractivity contribution in [2.45, 2.75) is 33.1 Å². The van der Waals surface area contributed by atoms with Crippen molar-refractivity contribution in [3.05, 3.63) is 64.1 Å². The smallest absolute Gasteiger partial charge is 0.224 e. The Morgan fingerprint density at radius 2 is 1.79 bits per heavy atom. The van der Waals surface area contributed by atoms with Gasteiger partial charge in [0.1, 0.15) is 0 Å². The average Bonchev–Trinajstić information content (AvgIpc) is 2.61. The van der Waals surface area contributed by atoms with Gasteiger partial charge in [0.2, 0.25) is 5.91 Å². The number of anilines is 1. The van der Waals surface area contributed by atoms with Crippen molar-refractivity contribution in [3.63, 3.8) is 0 Å². The minimum absolute atomic E-state index is 0.00753. The van der Waals surface area contributed by atoms with Crippen LogP contribution < -0.4 is 5.32 Å². The van der Waals surface area contributed by atoms with Crippen LogP contribution in [0.25, 0.3) is 0 Å². The van der Waals surface area contributed by atoms with E-state index in [9.17, 15) is 4.79 Å². The highest BCUT2D eigenvalue weighted by atomic mass is 79.9. The first kappa shape index (κ1) is 18.4. The lowest BCUT2D eigenvalue weighted by Gasteiger charge is -2.15. The average molecular weight is 387 g/mol. The molecule has 0 radical (unpaired) electrons. The van der Waals surface area contributed by atoms with Crippen molar-refractivity contribution in [1.82, 2.24) is 0 Å². The van der Waals surface area contributed by atoms with E-state index in [0.29, 0.717) is 29.3 Å². The summed E-state index contributed by atoms with van der Waals surface area (Å²) in [7, 11) is 0. The second-order valence-corrected chi connectivity index (χ2v) is 6.78. The summed E-state index contributed by atoms with van der Waals surface area (Å²) in [6, 6.07) is 15.2. The van der Waals surface area contributed by atoms with Crippen molar-refractivity contribution < 1.29 is 4.79 Å². The molecule has 2 N–H and O–H groups in total. The van der Waals surface area contributed by atoms with Gasteiger partial charge in [-0.05, 0) is 24.1 Å². The number of benzene rings is 2. The summed E-state index contributed by atoms with van der Waals surface area (Å²) in [6.45, 7) is 4.22. The molecule has 2 rings (SSSR count). The zero-order valence-electron chi connectivity index (χ0n) is 14.1. The third-order valence-electron chi connectivity index (χ3n) is 4.22. The molecule has 0 fully saturated rings. The zero-order chi connectivity index (χ0) is 17.5. The Hall–Kier alpha value is -1.94. The molecule has 0 saturated heterocycles. The van der Waals surface area contributed by atoms with E-state index in [1.807, 2.05) is 48.5 Å². The molecule has 0 aliphatic rings. The molecule has 0 atom stereocenters. The van der Waals surface area contributed by atoms with Gasteiger partial charge >= 0.3 is 0 Å². The van der Waals surface area contributed by atoms with Crippen molar-refractivity contribution in [2.75, 3.05) is 5.32 Å². The van der Waals surface area contributed by atoms with Crippen molar-refractivity contribution in [1.29, 1.82) is 5.41 Å². The van der Waals surface area contributed by atoms with Crippen LogP contribution >= 0.6 is 15.9 Å². The highest BCUT2D eigenvalue weighted by Gasteiger charge is 2.15. The number of amides is 1. The van der Waals surface area contributed by atoms with Gasteiger partial charge in [0.15, 0.2) is 0 Å². The molecule has 0 bridgehead atoms. The van der Waals surface area contributed by atoms with E-state index in [1.54, 1.807) is 0 Å². The molecule has 126 valence electrons. The molecule has 0 aliphatic carbocycles. The second-order valence-electron chi connectivity index (χ2n) is 5.87. The molecule has 4 heteroatoms. The van der Waals surface area contributed by atoms with Gasteiger partial charge in [-0.15, -0.1) is 0 Å². The number of carbonyl (C=O) groups is 1. The SMILES string of the molecule is CCC(CC)CC(=O)Nc1ccc(Br)cc1C(=N)c1ccccc1. The monoisotopic (exact) mass is 386 g/mol. The molecule has 24 heavy (non-hydrogen) atoms. The minimum Gasteiger partial charge on any atom is -0.325 e. The maximum atomic E-state index is 12.3. The van der Waals surface area contributed by atoms with Gasteiger partial charge in [-0.1, -0.05) is 73.0 Å². The quantitative estimate of drug-likeness (QED) is 0.595. The molecule has 0 saturated carbocycles. The number of halogens is 1. The van der Waals surface area contributed by atoms with Gasteiger partial charge < -0.3 is 5.32 Å². The standard InChI is InChI=1S/C20H23BrN2O/c1-3-14(4-2)12-19(24)23-18-11-10-16(21)13-17(18)20(22)15-8-6-5-7-9-15/h5-11,13-14,22H,3-4,12H2,1-2H3,(H,23,24). The highest BCUT2D eigenvalue weighted by molar-refractivity contribution is 9.10. The molecule has 0 heterocycles. The van der Waals surface area contributed by atoms with Crippen LogP contribution in [-0.4, -0.2) is 11.6 Å². The van der Waals surface area contributed by atoms with Gasteiger partial charge in [-0.25, -0.2) is 0 Å². The van der Waals surface area contributed by atoms with E-state index in [2.05, 4.69) is 35.1 Å². The van der Waals surface area contributed by atoms with Gasteiger partial charge in [-0.2, -0.15) is 0 Å². The maximum Gasteiger partial charge on any atom is 0.224 e. The lowest BCUT2D eigenvalue weighted by Crippen LogP contribution is -2.18. The van der Waals surface area contributed by atoms with Gasteiger partial charge in [-0.3, -0.25) is 10.2 Å².